The van der Waals surface area contributed by atoms with Gasteiger partial charge in [0.1, 0.15) is 10.5 Å². The summed E-state index contributed by atoms with van der Waals surface area (Å²) in [4.78, 5) is 37.8. The number of thiophene rings is 1. The van der Waals surface area contributed by atoms with Gasteiger partial charge >= 0.3 is 0 Å². The fraction of sp³-hybridized carbons (Fsp3) is 0.231. The molecule has 0 amide bonds. The van der Waals surface area contributed by atoms with E-state index in [9.17, 15) is 9.59 Å². The van der Waals surface area contributed by atoms with E-state index in [1.54, 1.807) is 34.2 Å². The summed E-state index contributed by atoms with van der Waals surface area (Å²) in [6, 6.07) is 13.0. The van der Waals surface area contributed by atoms with Crippen LogP contribution in [-0.4, -0.2) is 18.9 Å². The molecule has 0 aliphatic heterocycles. The van der Waals surface area contributed by atoms with E-state index in [1.165, 1.54) is 21.7 Å². The molecule has 0 atom stereocenters. The van der Waals surface area contributed by atoms with Crippen LogP contribution in [0, 0.1) is 20.8 Å². The first-order valence-corrected chi connectivity index (χ1v) is 12.9. The Kier molecular flexibility index (Phi) is 5.87. The van der Waals surface area contributed by atoms with Crippen LogP contribution in [0.1, 0.15) is 34.2 Å². The van der Waals surface area contributed by atoms with Crippen LogP contribution in [-0.2, 0) is 12.2 Å². The fourth-order valence-electron chi connectivity index (χ4n) is 4.13. The zero-order valence-corrected chi connectivity index (χ0v) is 21.1. The number of hydrogen-bond acceptors (Lipinski definition) is 6. The SMILES string of the molecule is CCc1c(C)sc2nc(SCc3cc(=O)n4ccccc4n3)n(-c3ccc(C)c(C)c3)c(=O)c12. The third-order valence-corrected chi connectivity index (χ3v) is 8.08. The lowest BCUT2D eigenvalue weighted by atomic mass is 10.1. The monoisotopic (exact) mass is 488 g/mol. The molecule has 0 fully saturated rings. The zero-order valence-electron chi connectivity index (χ0n) is 19.5. The molecule has 0 N–H and O–H groups in total. The maximum atomic E-state index is 13.8. The summed E-state index contributed by atoms with van der Waals surface area (Å²) in [5.74, 6) is 0.425. The Morgan fingerprint density at radius 1 is 1.00 bits per heavy atom. The summed E-state index contributed by atoms with van der Waals surface area (Å²) in [6.07, 6.45) is 2.49. The van der Waals surface area contributed by atoms with Crippen LogP contribution in [0.2, 0.25) is 0 Å². The molecular formula is C26H24N4O2S2. The molecule has 0 aliphatic carbocycles. The van der Waals surface area contributed by atoms with E-state index in [0.717, 1.165) is 32.9 Å². The third-order valence-electron chi connectivity index (χ3n) is 6.07. The number of aromatic nitrogens is 4. The molecule has 172 valence electrons. The van der Waals surface area contributed by atoms with Gasteiger partial charge < -0.3 is 0 Å². The van der Waals surface area contributed by atoms with Crippen molar-refractivity contribution in [2.75, 3.05) is 0 Å². The van der Waals surface area contributed by atoms with Crippen molar-refractivity contribution in [1.29, 1.82) is 0 Å². The maximum absolute atomic E-state index is 13.8. The molecule has 5 aromatic rings. The topological polar surface area (TPSA) is 69.3 Å². The number of nitrogens with zero attached hydrogens (tertiary/aromatic N) is 4. The normalized spacial score (nSPS) is 11.5. The minimum atomic E-state index is -0.127. The molecule has 4 heterocycles. The number of rotatable bonds is 5. The first-order chi connectivity index (χ1) is 16.4. The van der Waals surface area contributed by atoms with Gasteiger partial charge in [-0.3, -0.25) is 18.6 Å². The largest absolute Gasteiger partial charge is 0.269 e. The van der Waals surface area contributed by atoms with Crippen molar-refractivity contribution in [2.45, 2.75) is 45.0 Å². The molecule has 0 aliphatic rings. The average Bonchev–Trinajstić information content (AvgIpc) is 3.15. The average molecular weight is 489 g/mol. The molecule has 5 rings (SSSR count). The maximum Gasteiger partial charge on any atom is 0.267 e. The van der Waals surface area contributed by atoms with Crippen LogP contribution in [0.4, 0.5) is 0 Å². The molecule has 1 aromatic carbocycles. The summed E-state index contributed by atoms with van der Waals surface area (Å²) in [6.45, 7) is 8.22. The third kappa shape index (κ3) is 3.86. The summed E-state index contributed by atoms with van der Waals surface area (Å²) in [5.41, 5.74) is 5.21. The quantitative estimate of drug-likeness (QED) is 0.250. The highest BCUT2D eigenvalue weighted by atomic mass is 32.2. The van der Waals surface area contributed by atoms with Crippen molar-refractivity contribution in [3.63, 3.8) is 0 Å². The Labute approximate surface area is 205 Å². The minimum Gasteiger partial charge on any atom is -0.269 e. The summed E-state index contributed by atoms with van der Waals surface area (Å²) >= 11 is 2.98. The second-order valence-corrected chi connectivity index (χ2v) is 10.4. The second kappa shape index (κ2) is 8.85. The Bertz CT molecular complexity index is 1680. The number of benzene rings is 1. The van der Waals surface area contributed by atoms with Crippen molar-refractivity contribution >= 4 is 39.0 Å². The van der Waals surface area contributed by atoms with E-state index in [2.05, 4.69) is 18.8 Å². The van der Waals surface area contributed by atoms with Crippen LogP contribution in [0.3, 0.4) is 0 Å². The van der Waals surface area contributed by atoms with Crippen molar-refractivity contribution in [2.24, 2.45) is 0 Å². The highest BCUT2D eigenvalue weighted by Crippen LogP contribution is 2.31. The summed E-state index contributed by atoms with van der Waals surface area (Å²) < 4.78 is 3.23. The molecule has 34 heavy (non-hydrogen) atoms. The number of fused-ring (bicyclic) bond motifs is 2. The molecule has 4 aromatic heterocycles. The molecule has 6 nitrogen and oxygen atoms in total. The van der Waals surface area contributed by atoms with Gasteiger partial charge in [0.05, 0.1) is 16.8 Å². The smallest absolute Gasteiger partial charge is 0.267 e. The molecule has 0 radical (unpaired) electrons. The highest BCUT2D eigenvalue weighted by Gasteiger charge is 2.19. The van der Waals surface area contributed by atoms with E-state index >= 15 is 0 Å². The number of hydrogen-bond donors (Lipinski definition) is 0. The van der Waals surface area contributed by atoms with Gasteiger partial charge in [-0.1, -0.05) is 30.8 Å². The van der Waals surface area contributed by atoms with Crippen molar-refractivity contribution in [3.05, 3.63) is 96.6 Å². The second-order valence-electron chi connectivity index (χ2n) is 8.28. The molecule has 8 heteroatoms. The molecule has 0 bridgehead atoms. The van der Waals surface area contributed by atoms with Gasteiger partial charge in [0.15, 0.2) is 5.16 Å². The Morgan fingerprint density at radius 2 is 1.82 bits per heavy atom. The fourth-order valence-corrected chi connectivity index (χ4v) is 6.19. The number of thioether (sulfide) groups is 1. The van der Waals surface area contributed by atoms with Gasteiger partial charge in [-0.25, -0.2) is 9.97 Å². The van der Waals surface area contributed by atoms with E-state index in [1.807, 2.05) is 44.2 Å². The van der Waals surface area contributed by atoms with E-state index in [-0.39, 0.29) is 11.1 Å². The predicted molar refractivity (Wildman–Crippen MR) is 140 cm³/mol. The van der Waals surface area contributed by atoms with Crippen LogP contribution in [0.15, 0.2) is 63.4 Å². The van der Waals surface area contributed by atoms with Gasteiger partial charge in [0.2, 0.25) is 0 Å². The number of pyridine rings is 1. The van der Waals surface area contributed by atoms with Crippen molar-refractivity contribution in [3.8, 4) is 5.69 Å². The Hall–Kier alpha value is -3.23. The lowest BCUT2D eigenvalue weighted by molar-refractivity contribution is 0.819. The molecule has 0 spiro atoms. The molecular weight excluding hydrogens is 464 g/mol. The highest BCUT2D eigenvalue weighted by molar-refractivity contribution is 7.98. The number of aryl methyl sites for hydroxylation is 4. The van der Waals surface area contributed by atoms with E-state index < -0.39 is 0 Å². The van der Waals surface area contributed by atoms with Crippen LogP contribution in [0.25, 0.3) is 21.6 Å². The standard InChI is InChI=1S/C26H24N4O2S2/c1-5-20-17(4)34-24-23(20)25(32)30(19-10-9-15(2)16(3)12-19)26(28-24)33-14-18-13-22(31)29-11-7-6-8-21(29)27-18/h6-13H,5,14H2,1-4H3. The van der Waals surface area contributed by atoms with E-state index in [0.29, 0.717) is 27.6 Å². The lowest BCUT2D eigenvalue weighted by Gasteiger charge is -2.14. The van der Waals surface area contributed by atoms with Crippen LogP contribution >= 0.6 is 23.1 Å². The molecule has 0 saturated heterocycles. The molecule has 0 saturated carbocycles. The first-order valence-electron chi connectivity index (χ1n) is 11.1. The van der Waals surface area contributed by atoms with Crippen molar-refractivity contribution in [1.82, 2.24) is 18.9 Å². The van der Waals surface area contributed by atoms with Gasteiger partial charge in [-0.2, -0.15) is 0 Å². The Morgan fingerprint density at radius 3 is 2.59 bits per heavy atom. The summed E-state index contributed by atoms with van der Waals surface area (Å²) in [7, 11) is 0. The van der Waals surface area contributed by atoms with E-state index in [4.69, 9.17) is 4.98 Å². The van der Waals surface area contributed by atoms with Gasteiger partial charge in [-0.05, 0) is 68.1 Å². The van der Waals surface area contributed by atoms with Crippen LogP contribution < -0.4 is 11.1 Å². The van der Waals surface area contributed by atoms with Gasteiger partial charge in [0, 0.05) is 22.9 Å². The predicted octanol–water partition coefficient (Wildman–Crippen LogP) is 5.24. The molecule has 0 unspecified atom stereocenters. The van der Waals surface area contributed by atoms with Gasteiger partial charge in [0.25, 0.3) is 11.1 Å². The van der Waals surface area contributed by atoms with Gasteiger partial charge in [-0.15, -0.1) is 11.3 Å². The lowest BCUT2D eigenvalue weighted by Crippen LogP contribution is -2.22. The van der Waals surface area contributed by atoms with Crippen LogP contribution in [0.5, 0.6) is 0 Å². The zero-order chi connectivity index (χ0) is 24.0. The summed E-state index contributed by atoms with van der Waals surface area (Å²) in [5, 5.41) is 1.30. The van der Waals surface area contributed by atoms with Crippen molar-refractivity contribution < 1.29 is 0 Å². The first kappa shape index (κ1) is 22.6. The Balaban J connectivity index is 1.66. The minimum absolute atomic E-state index is 0.0523.